The van der Waals surface area contributed by atoms with Gasteiger partial charge in [-0.3, -0.25) is 39.1 Å². The smallest absolute Gasteiger partial charge is 0.264 e. The van der Waals surface area contributed by atoms with Crippen LogP contribution in [0.4, 0.5) is 10.1 Å². The van der Waals surface area contributed by atoms with E-state index < -0.39 is 35.5 Å². The molecule has 2 saturated heterocycles. The summed E-state index contributed by atoms with van der Waals surface area (Å²) < 4.78 is 31.8. The Morgan fingerprint density at radius 3 is 2.55 bits per heavy atom. The lowest BCUT2D eigenvalue weighted by Crippen LogP contribution is -2.49. The van der Waals surface area contributed by atoms with E-state index in [1.165, 1.54) is 18.5 Å². The van der Waals surface area contributed by atoms with Gasteiger partial charge < -0.3 is 19.5 Å². The molecular formula is C42H44ClFN6O8. The third kappa shape index (κ3) is 9.60. The maximum absolute atomic E-state index is 13.8. The number of morpholine rings is 1. The Balaban J connectivity index is 0.946. The number of hydrogen-bond donors (Lipinski definition) is 2. The van der Waals surface area contributed by atoms with Gasteiger partial charge in [0.25, 0.3) is 11.8 Å². The Bertz CT molecular complexity index is 2220. The molecule has 1 atom stereocenters. The fraction of sp³-hybridized carbons (Fsp3) is 0.405. The third-order valence-corrected chi connectivity index (χ3v) is 10.7. The molecule has 0 unspecified atom stereocenters. The Labute approximate surface area is 339 Å². The van der Waals surface area contributed by atoms with Crippen LogP contribution in [0.5, 0.6) is 11.5 Å². The minimum Gasteiger partial charge on any atom is -0.490 e. The minimum atomic E-state index is -1.11. The molecule has 2 N–H and O–H groups in total. The number of ether oxygens (including phenoxy) is 3. The number of rotatable bonds is 16. The summed E-state index contributed by atoms with van der Waals surface area (Å²) in [6.45, 7) is 4.91. The lowest BCUT2D eigenvalue weighted by atomic mass is 10.1. The molecule has 4 heterocycles. The zero-order chi connectivity index (χ0) is 40.6. The number of hydrogen-bond acceptors (Lipinski definition) is 11. The molecule has 0 radical (unpaired) electrons. The molecule has 3 aliphatic rings. The van der Waals surface area contributed by atoms with Crippen molar-refractivity contribution in [1.29, 1.82) is 0 Å². The van der Waals surface area contributed by atoms with Crippen LogP contribution in [0.1, 0.15) is 83.3 Å². The summed E-state index contributed by atoms with van der Waals surface area (Å²) >= 11 is 6.05. The molecule has 0 saturated carbocycles. The van der Waals surface area contributed by atoms with E-state index in [1.807, 2.05) is 12.1 Å². The number of nitrogens with zero attached hydrogens (tertiary/aromatic N) is 4. The number of fused-ring (bicyclic) bond motifs is 2. The normalized spacial score (nSPS) is 17.3. The summed E-state index contributed by atoms with van der Waals surface area (Å²) in [5, 5.41) is 5.83. The zero-order valence-corrected chi connectivity index (χ0v) is 32.7. The summed E-state index contributed by atoms with van der Waals surface area (Å²) in [6, 6.07) is 11.8. The van der Waals surface area contributed by atoms with Crippen molar-refractivity contribution in [2.75, 3.05) is 51.4 Å². The first-order valence-electron chi connectivity index (χ1n) is 19.6. The van der Waals surface area contributed by atoms with Gasteiger partial charge in [0.1, 0.15) is 18.2 Å². The molecule has 4 aromatic rings. The fourth-order valence-electron chi connectivity index (χ4n) is 7.39. The molecule has 58 heavy (non-hydrogen) atoms. The van der Waals surface area contributed by atoms with Gasteiger partial charge in [-0.05, 0) is 74.4 Å². The summed E-state index contributed by atoms with van der Waals surface area (Å²) in [5.74, 6) is -2.19. The van der Waals surface area contributed by atoms with Crippen LogP contribution in [-0.4, -0.2) is 101 Å². The van der Waals surface area contributed by atoms with Gasteiger partial charge in [-0.1, -0.05) is 23.7 Å². The number of nitrogens with one attached hydrogen (secondary N) is 2. The lowest BCUT2D eigenvalue weighted by molar-refractivity contribution is -0.131. The van der Waals surface area contributed by atoms with Crippen LogP contribution in [-0.2, 0) is 25.5 Å². The van der Waals surface area contributed by atoms with Crippen molar-refractivity contribution in [1.82, 2.24) is 25.1 Å². The van der Waals surface area contributed by atoms with Crippen molar-refractivity contribution < 1.29 is 42.6 Å². The van der Waals surface area contributed by atoms with Gasteiger partial charge in [0.2, 0.25) is 17.7 Å². The highest BCUT2D eigenvalue weighted by Gasteiger charge is 2.45. The lowest BCUT2D eigenvalue weighted by Gasteiger charge is -2.26. The summed E-state index contributed by atoms with van der Waals surface area (Å²) in [5.41, 5.74) is 2.51. The number of benzene rings is 3. The molecule has 0 aliphatic carbocycles. The second kappa shape index (κ2) is 18.8. The Hall–Kier alpha value is -5.51. The molecule has 304 valence electrons. The number of amides is 5. The van der Waals surface area contributed by atoms with Crippen LogP contribution < -0.4 is 20.1 Å². The highest BCUT2D eigenvalue weighted by atomic mass is 35.5. The first-order chi connectivity index (χ1) is 28.2. The van der Waals surface area contributed by atoms with Crippen LogP contribution >= 0.6 is 11.6 Å². The van der Waals surface area contributed by atoms with E-state index in [1.54, 1.807) is 24.3 Å². The second-order valence-corrected chi connectivity index (χ2v) is 14.9. The molecule has 3 aromatic carbocycles. The third-order valence-electron chi connectivity index (χ3n) is 10.4. The molecule has 7 rings (SSSR count). The molecule has 1 aromatic heterocycles. The van der Waals surface area contributed by atoms with Gasteiger partial charge >= 0.3 is 0 Å². The number of imide groups is 2. The zero-order valence-electron chi connectivity index (χ0n) is 31.9. The van der Waals surface area contributed by atoms with E-state index in [-0.39, 0.29) is 47.0 Å². The van der Waals surface area contributed by atoms with Crippen LogP contribution in [0, 0.1) is 5.82 Å². The molecular weight excluding hydrogens is 771 g/mol. The van der Waals surface area contributed by atoms with Gasteiger partial charge in [-0.2, -0.15) is 0 Å². The number of unbranched alkanes of at least 4 members (excludes halogenated alkanes) is 2. The van der Waals surface area contributed by atoms with E-state index in [0.717, 1.165) is 60.8 Å². The second-order valence-electron chi connectivity index (χ2n) is 14.5. The van der Waals surface area contributed by atoms with E-state index in [4.69, 9.17) is 25.8 Å². The van der Waals surface area contributed by atoms with Crippen LogP contribution in [0.25, 0.3) is 10.9 Å². The van der Waals surface area contributed by atoms with Crippen LogP contribution in [0.2, 0.25) is 5.02 Å². The average Bonchev–Trinajstić information content (AvgIpc) is 3.34. The highest BCUT2D eigenvalue weighted by molar-refractivity contribution is 6.30. The predicted octanol–water partition coefficient (Wildman–Crippen LogP) is 5.48. The fourth-order valence-corrected chi connectivity index (χ4v) is 7.59. The maximum atomic E-state index is 13.8. The van der Waals surface area contributed by atoms with Crippen molar-refractivity contribution in [3.63, 3.8) is 0 Å². The SMILES string of the molecule is O=C1CCC[C@H](N2C(=O)c3cccc(NC(=O)CCCCCOc4cc5ncnc(Cc6ccc(F)c(Cl)c6)c5cc4OCCCN4CCOCC4)c3C2=O)C(=O)N1. The van der Waals surface area contributed by atoms with Crippen LogP contribution in [0.3, 0.4) is 0 Å². The quantitative estimate of drug-likeness (QED) is 0.109. The monoisotopic (exact) mass is 814 g/mol. The average molecular weight is 815 g/mol. The van der Waals surface area contributed by atoms with Crippen molar-refractivity contribution in [3.8, 4) is 11.5 Å². The summed E-state index contributed by atoms with van der Waals surface area (Å²) in [7, 11) is 0. The number of carbonyl (C=O) groups excluding carboxylic acids is 5. The number of halogens is 2. The molecule has 5 amide bonds. The summed E-state index contributed by atoms with van der Waals surface area (Å²) in [4.78, 5) is 76.5. The first kappa shape index (κ1) is 40.7. The van der Waals surface area contributed by atoms with E-state index in [9.17, 15) is 28.4 Å². The van der Waals surface area contributed by atoms with E-state index >= 15 is 0 Å². The van der Waals surface area contributed by atoms with Gasteiger partial charge in [-0.25, -0.2) is 14.4 Å². The van der Waals surface area contributed by atoms with Crippen molar-refractivity contribution in [2.45, 2.75) is 63.8 Å². The Morgan fingerprint density at radius 2 is 1.74 bits per heavy atom. The topological polar surface area (TPSA) is 169 Å². The van der Waals surface area contributed by atoms with Gasteiger partial charge in [0.15, 0.2) is 11.5 Å². The number of anilines is 1. The standard InChI is InChI=1S/C42H44ClFN6O8/c43-29-21-26(12-13-30(29)44)22-32-28-23-35(58-18-6-14-49-15-19-56-20-16-49)36(24-33(28)46-25-45-32)57-17-3-1-2-10-37(51)47-31-8-4-7-27-39(31)42(55)50(41(27)54)34-9-5-11-38(52)48-40(34)53/h4,7-8,12-13,21,23-25,34H,1-3,5-6,9-11,14-20,22H2,(H,47,51)(H,48,52,53)/t34-/m0/s1. The van der Waals surface area contributed by atoms with E-state index in [2.05, 4.69) is 25.5 Å². The Kier molecular flexibility index (Phi) is 13.2. The predicted molar refractivity (Wildman–Crippen MR) is 211 cm³/mol. The van der Waals surface area contributed by atoms with Gasteiger partial charge in [0.05, 0.1) is 59.5 Å². The van der Waals surface area contributed by atoms with Crippen molar-refractivity contribution in [3.05, 3.63) is 88.1 Å². The largest absolute Gasteiger partial charge is 0.490 e. The molecule has 3 aliphatic heterocycles. The number of aromatic nitrogens is 2. The van der Waals surface area contributed by atoms with Gasteiger partial charge in [0, 0.05) is 50.3 Å². The van der Waals surface area contributed by atoms with Crippen LogP contribution in [0.15, 0.2) is 54.9 Å². The maximum Gasteiger partial charge on any atom is 0.264 e. The molecule has 0 spiro atoms. The van der Waals surface area contributed by atoms with Crippen molar-refractivity contribution in [2.24, 2.45) is 0 Å². The molecule has 14 nitrogen and oxygen atoms in total. The molecule has 16 heteroatoms. The Morgan fingerprint density at radius 1 is 0.948 bits per heavy atom. The summed E-state index contributed by atoms with van der Waals surface area (Å²) in [6.07, 6.45) is 5.34. The van der Waals surface area contributed by atoms with E-state index in [0.29, 0.717) is 62.3 Å². The van der Waals surface area contributed by atoms with Gasteiger partial charge in [-0.15, -0.1) is 0 Å². The first-order valence-corrected chi connectivity index (χ1v) is 20.0. The molecule has 0 bridgehead atoms. The highest BCUT2D eigenvalue weighted by Crippen LogP contribution is 2.35. The van der Waals surface area contributed by atoms with Crippen molar-refractivity contribution >= 4 is 57.7 Å². The molecule has 2 fully saturated rings. The number of carbonyl (C=O) groups is 5. The minimum absolute atomic E-state index is 0.0318.